The summed E-state index contributed by atoms with van der Waals surface area (Å²) in [6.07, 6.45) is 0. The fourth-order valence-corrected chi connectivity index (χ4v) is 2.82. The lowest BCUT2D eigenvalue weighted by Crippen LogP contribution is -2.13. The average molecular weight is 349 g/mol. The van der Waals surface area contributed by atoms with Crippen molar-refractivity contribution in [2.45, 2.75) is 13.5 Å². The molecule has 0 saturated heterocycles. The second-order valence-corrected chi connectivity index (χ2v) is 5.65. The van der Waals surface area contributed by atoms with E-state index in [1.165, 1.54) is 12.1 Å². The van der Waals surface area contributed by atoms with Crippen molar-refractivity contribution >= 4 is 22.6 Å². The van der Waals surface area contributed by atoms with Gasteiger partial charge in [-0.3, -0.25) is 10.1 Å². The third-order valence-corrected chi connectivity index (χ3v) is 3.98. The van der Waals surface area contributed by atoms with Crippen molar-refractivity contribution in [3.63, 3.8) is 0 Å². The average Bonchev–Trinajstić information content (AvgIpc) is 3.00. The summed E-state index contributed by atoms with van der Waals surface area (Å²) in [5.41, 5.74) is 2.15. The van der Waals surface area contributed by atoms with Crippen LogP contribution in [0.5, 0.6) is 0 Å². The van der Waals surface area contributed by atoms with Gasteiger partial charge in [0.1, 0.15) is 5.69 Å². The highest BCUT2D eigenvalue weighted by molar-refractivity contribution is 5.96. The quantitative estimate of drug-likeness (QED) is 0.398. The number of benzene rings is 2. The van der Waals surface area contributed by atoms with E-state index in [9.17, 15) is 14.9 Å². The zero-order valence-corrected chi connectivity index (χ0v) is 14.0. The molecule has 0 atom stereocenters. The molecule has 2 aromatic carbocycles. The molecule has 0 spiro atoms. The van der Waals surface area contributed by atoms with Crippen molar-refractivity contribution < 1.29 is 14.5 Å². The van der Waals surface area contributed by atoms with E-state index in [1.807, 2.05) is 0 Å². The fourth-order valence-electron chi connectivity index (χ4n) is 2.82. The van der Waals surface area contributed by atoms with Crippen molar-refractivity contribution in [3.8, 4) is 6.07 Å². The number of carbonyl (C=O) groups excluding carboxylic acids is 1. The summed E-state index contributed by atoms with van der Waals surface area (Å²) in [4.78, 5) is 22.9. The molecule has 1 heterocycles. The van der Waals surface area contributed by atoms with Crippen LogP contribution in [0.4, 0.5) is 5.69 Å². The number of rotatable bonds is 5. The van der Waals surface area contributed by atoms with Gasteiger partial charge >= 0.3 is 5.97 Å². The summed E-state index contributed by atoms with van der Waals surface area (Å²) in [6.45, 7) is 2.20. The number of nitro groups is 1. The number of hydrogen-bond acceptors (Lipinski definition) is 5. The Morgan fingerprint density at radius 2 is 2.08 bits per heavy atom. The number of hydrogen-bond donors (Lipinski definition) is 0. The fraction of sp³-hybridized carbons (Fsp3) is 0.158. The minimum atomic E-state index is -0.479. The topological polar surface area (TPSA) is 98.2 Å². The van der Waals surface area contributed by atoms with E-state index in [2.05, 4.69) is 6.07 Å². The van der Waals surface area contributed by atoms with Crippen LogP contribution in [-0.4, -0.2) is 22.1 Å². The van der Waals surface area contributed by atoms with Gasteiger partial charge in [-0.2, -0.15) is 5.26 Å². The molecule has 0 bridgehead atoms. The number of ether oxygens (including phenoxy) is 1. The molecule has 1 aromatic heterocycles. The number of carbonyl (C=O) groups is 1. The Morgan fingerprint density at radius 1 is 1.27 bits per heavy atom. The summed E-state index contributed by atoms with van der Waals surface area (Å²) in [6, 6.07) is 15.1. The van der Waals surface area contributed by atoms with Crippen LogP contribution >= 0.6 is 0 Å². The smallest absolute Gasteiger partial charge is 0.354 e. The van der Waals surface area contributed by atoms with Crippen LogP contribution in [0.3, 0.4) is 0 Å². The van der Waals surface area contributed by atoms with Gasteiger partial charge in [-0.25, -0.2) is 4.79 Å². The van der Waals surface area contributed by atoms with Gasteiger partial charge in [0.25, 0.3) is 5.69 Å². The van der Waals surface area contributed by atoms with Crippen LogP contribution in [0.2, 0.25) is 0 Å². The molecular formula is C19H15N3O4. The highest BCUT2D eigenvalue weighted by Crippen LogP contribution is 2.24. The molecule has 3 rings (SSSR count). The molecule has 26 heavy (non-hydrogen) atoms. The first kappa shape index (κ1) is 17.2. The minimum absolute atomic E-state index is 0.0191. The van der Waals surface area contributed by atoms with E-state index in [0.29, 0.717) is 22.3 Å². The summed E-state index contributed by atoms with van der Waals surface area (Å²) in [5.74, 6) is -0.479. The predicted molar refractivity (Wildman–Crippen MR) is 94.8 cm³/mol. The standard InChI is InChI=1S/C19H15N3O4/c1-2-26-19(23)18-10-15-7-6-13(11-20)9-17(15)21(18)12-14-4-3-5-16(8-14)22(24)25/h3-10H,2,12H2,1H3. The van der Waals surface area contributed by atoms with Gasteiger partial charge in [-0.15, -0.1) is 0 Å². The molecule has 0 radical (unpaired) electrons. The second-order valence-electron chi connectivity index (χ2n) is 5.65. The van der Waals surface area contributed by atoms with Crippen molar-refractivity contribution in [2.24, 2.45) is 0 Å². The monoisotopic (exact) mass is 349 g/mol. The molecule has 130 valence electrons. The number of aromatic nitrogens is 1. The van der Waals surface area contributed by atoms with Crippen LogP contribution in [-0.2, 0) is 11.3 Å². The van der Waals surface area contributed by atoms with E-state index < -0.39 is 10.9 Å². The predicted octanol–water partition coefficient (Wildman–Crippen LogP) is 3.65. The summed E-state index contributed by atoms with van der Waals surface area (Å²) in [7, 11) is 0. The first-order valence-corrected chi connectivity index (χ1v) is 7.97. The van der Waals surface area contributed by atoms with Gasteiger partial charge in [0, 0.05) is 24.1 Å². The van der Waals surface area contributed by atoms with Crippen LogP contribution < -0.4 is 0 Å². The molecule has 0 aliphatic carbocycles. The molecule has 0 saturated carbocycles. The maximum atomic E-state index is 12.3. The molecule has 0 aliphatic heterocycles. The Labute approximate surface area is 149 Å². The van der Waals surface area contributed by atoms with Crippen LogP contribution in [0.15, 0.2) is 48.5 Å². The third-order valence-electron chi connectivity index (χ3n) is 3.98. The molecule has 0 amide bonds. The molecule has 7 nitrogen and oxygen atoms in total. The second kappa shape index (κ2) is 7.07. The van der Waals surface area contributed by atoms with E-state index in [-0.39, 0.29) is 18.8 Å². The van der Waals surface area contributed by atoms with E-state index in [1.54, 1.807) is 47.9 Å². The van der Waals surface area contributed by atoms with E-state index >= 15 is 0 Å². The van der Waals surface area contributed by atoms with Crippen LogP contribution in [0.1, 0.15) is 28.5 Å². The largest absolute Gasteiger partial charge is 0.461 e. The third kappa shape index (κ3) is 3.26. The normalized spacial score (nSPS) is 10.5. The van der Waals surface area contributed by atoms with Gasteiger partial charge in [0.05, 0.1) is 28.7 Å². The molecule has 0 N–H and O–H groups in total. The number of non-ortho nitro benzene ring substituents is 1. The Bertz CT molecular complexity index is 1050. The summed E-state index contributed by atoms with van der Waals surface area (Å²) >= 11 is 0. The van der Waals surface area contributed by atoms with E-state index in [4.69, 9.17) is 10.00 Å². The first-order valence-electron chi connectivity index (χ1n) is 7.97. The molecule has 0 unspecified atom stereocenters. The zero-order valence-electron chi connectivity index (χ0n) is 14.0. The number of nitriles is 1. The number of esters is 1. The van der Waals surface area contributed by atoms with Gasteiger partial charge in [0.2, 0.25) is 0 Å². The number of nitro benzene ring substituents is 1. The maximum Gasteiger partial charge on any atom is 0.354 e. The number of nitrogens with zero attached hydrogens (tertiary/aromatic N) is 3. The van der Waals surface area contributed by atoms with Crippen molar-refractivity contribution in [2.75, 3.05) is 6.61 Å². The zero-order chi connectivity index (χ0) is 18.7. The Hall–Kier alpha value is -3.66. The summed E-state index contributed by atoms with van der Waals surface area (Å²) < 4.78 is 6.84. The van der Waals surface area contributed by atoms with Crippen molar-refractivity contribution in [1.82, 2.24) is 4.57 Å². The van der Waals surface area contributed by atoms with Crippen molar-refractivity contribution in [3.05, 3.63) is 75.5 Å². The van der Waals surface area contributed by atoms with Crippen LogP contribution in [0.25, 0.3) is 10.9 Å². The lowest BCUT2D eigenvalue weighted by molar-refractivity contribution is -0.384. The molecule has 3 aromatic rings. The molecule has 7 heteroatoms. The van der Waals surface area contributed by atoms with Gasteiger partial charge in [0.15, 0.2) is 0 Å². The lowest BCUT2D eigenvalue weighted by atomic mass is 10.1. The molecule has 0 fully saturated rings. The van der Waals surface area contributed by atoms with E-state index in [0.717, 1.165) is 5.39 Å². The molecular weight excluding hydrogens is 334 g/mol. The van der Waals surface area contributed by atoms with Crippen molar-refractivity contribution in [1.29, 1.82) is 5.26 Å². The van der Waals surface area contributed by atoms with Gasteiger partial charge < -0.3 is 9.30 Å². The van der Waals surface area contributed by atoms with Crippen LogP contribution in [0, 0.1) is 21.4 Å². The highest BCUT2D eigenvalue weighted by Gasteiger charge is 2.18. The van der Waals surface area contributed by atoms with Gasteiger partial charge in [-0.05, 0) is 30.7 Å². The first-order chi connectivity index (χ1) is 12.5. The lowest BCUT2D eigenvalue weighted by Gasteiger charge is -2.10. The van der Waals surface area contributed by atoms with Gasteiger partial charge in [-0.1, -0.05) is 18.2 Å². The molecule has 0 aliphatic rings. The minimum Gasteiger partial charge on any atom is -0.461 e. The maximum absolute atomic E-state index is 12.3. The summed E-state index contributed by atoms with van der Waals surface area (Å²) in [5, 5.41) is 20.9. The Morgan fingerprint density at radius 3 is 2.77 bits per heavy atom. The Balaban J connectivity index is 2.14. The Kier molecular flexibility index (Phi) is 4.67. The highest BCUT2D eigenvalue weighted by atomic mass is 16.6. The number of fused-ring (bicyclic) bond motifs is 1. The SMILES string of the molecule is CCOC(=O)c1cc2ccc(C#N)cc2n1Cc1cccc([N+](=O)[O-])c1.